The lowest BCUT2D eigenvalue weighted by Crippen LogP contribution is -2.43. The van der Waals surface area contributed by atoms with Gasteiger partial charge in [-0.2, -0.15) is 0 Å². The van der Waals surface area contributed by atoms with E-state index < -0.39 is 29.3 Å². The van der Waals surface area contributed by atoms with Crippen molar-refractivity contribution in [1.82, 2.24) is 4.90 Å². The highest BCUT2D eigenvalue weighted by Gasteiger charge is 2.29. The molecule has 0 aliphatic rings. The molecule has 158 valence electrons. The number of ether oxygens (including phenoxy) is 2. The van der Waals surface area contributed by atoms with E-state index >= 15 is 0 Å². The molecule has 0 radical (unpaired) electrons. The van der Waals surface area contributed by atoms with E-state index in [1.165, 1.54) is 13.0 Å². The molecule has 0 aromatic heterocycles. The summed E-state index contributed by atoms with van der Waals surface area (Å²) in [6.07, 6.45) is 1.00. The number of aldehydes is 1. The highest BCUT2D eigenvalue weighted by atomic mass is 16.6. The van der Waals surface area contributed by atoms with Crippen LogP contribution in [0.25, 0.3) is 0 Å². The number of amides is 2. The Bertz CT molecular complexity index is 780. The Labute approximate surface area is 170 Å². The summed E-state index contributed by atoms with van der Waals surface area (Å²) in [7, 11) is 0. The fourth-order valence-corrected chi connectivity index (χ4v) is 2.68. The summed E-state index contributed by atoms with van der Waals surface area (Å²) >= 11 is 0. The van der Waals surface area contributed by atoms with Gasteiger partial charge in [0.2, 0.25) is 6.41 Å². The predicted molar refractivity (Wildman–Crippen MR) is 105 cm³/mol. The minimum atomic E-state index is -1.03. The maximum absolute atomic E-state index is 12.9. The standard InChI is InChI=1S/C21H27NO7/c1-14-16(20(27)22(13-24)17(15(2)25)9-7-11-23)8-6-10-18(14)28-12-19(26)29-21(3,4)5/h6,8,10-11,13,17H,7,9,12H2,1-5H3. The van der Waals surface area contributed by atoms with Gasteiger partial charge in [-0.3, -0.25) is 19.3 Å². The van der Waals surface area contributed by atoms with Gasteiger partial charge in [0.15, 0.2) is 12.4 Å². The van der Waals surface area contributed by atoms with Crippen LogP contribution < -0.4 is 4.74 Å². The normalized spacial score (nSPS) is 11.9. The van der Waals surface area contributed by atoms with Gasteiger partial charge in [-0.05, 0) is 53.2 Å². The van der Waals surface area contributed by atoms with E-state index in [0.717, 1.165) is 4.90 Å². The van der Waals surface area contributed by atoms with Crippen LogP contribution in [-0.4, -0.2) is 53.5 Å². The molecule has 1 aromatic rings. The lowest BCUT2D eigenvalue weighted by molar-refractivity contribution is -0.157. The van der Waals surface area contributed by atoms with E-state index in [-0.39, 0.29) is 37.2 Å². The third kappa shape index (κ3) is 7.14. The highest BCUT2D eigenvalue weighted by Crippen LogP contribution is 2.24. The maximum atomic E-state index is 12.9. The molecule has 0 aliphatic carbocycles. The first-order valence-corrected chi connectivity index (χ1v) is 9.18. The largest absolute Gasteiger partial charge is 0.482 e. The number of rotatable bonds is 10. The summed E-state index contributed by atoms with van der Waals surface area (Å²) in [5.41, 5.74) is -0.0946. The molecule has 1 unspecified atom stereocenters. The van der Waals surface area contributed by atoms with Crippen molar-refractivity contribution in [2.24, 2.45) is 0 Å². The van der Waals surface area contributed by atoms with E-state index in [1.807, 2.05) is 0 Å². The summed E-state index contributed by atoms with van der Waals surface area (Å²) in [5.74, 6) is -1.37. The molecule has 2 amide bonds. The first kappa shape index (κ1) is 24.0. The van der Waals surface area contributed by atoms with Gasteiger partial charge in [-0.1, -0.05) is 6.07 Å². The fraction of sp³-hybridized carbons (Fsp3) is 0.476. The van der Waals surface area contributed by atoms with E-state index in [2.05, 4.69) is 0 Å². The number of nitrogens with zero attached hydrogens (tertiary/aromatic N) is 1. The van der Waals surface area contributed by atoms with Crippen molar-refractivity contribution in [3.63, 3.8) is 0 Å². The molecule has 0 N–H and O–H groups in total. The topological polar surface area (TPSA) is 107 Å². The Morgan fingerprint density at radius 1 is 1.17 bits per heavy atom. The van der Waals surface area contributed by atoms with Crippen LogP contribution >= 0.6 is 0 Å². The van der Waals surface area contributed by atoms with E-state index in [1.54, 1.807) is 39.8 Å². The van der Waals surface area contributed by atoms with Crippen LogP contribution in [-0.2, 0) is 23.9 Å². The fourth-order valence-electron chi connectivity index (χ4n) is 2.68. The molecule has 0 saturated heterocycles. The van der Waals surface area contributed by atoms with Gasteiger partial charge in [0.1, 0.15) is 17.6 Å². The Hall–Kier alpha value is -3.03. The van der Waals surface area contributed by atoms with E-state index in [0.29, 0.717) is 11.8 Å². The van der Waals surface area contributed by atoms with Crippen LogP contribution in [0.5, 0.6) is 5.75 Å². The molecule has 1 atom stereocenters. The lowest BCUT2D eigenvalue weighted by Gasteiger charge is -2.25. The summed E-state index contributed by atoms with van der Waals surface area (Å²) in [6.45, 7) is 7.72. The van der Waals surface area contributed by atoms with Gasteiger partial charge in [0.25, 0.3) is 5.91 Å². The summed E-state index contributed by atoms with van der Waals surface area (Å²) in [6, 6.07) is 3.58. The SMILES string of the molecule is CC(=O)C(CCC=O)N(C=O)C(=O)c1cccc(OCC(=O)OC(C)(C)C)c1C. The van der Waals surface area contributed by atoms with Gasteiger partial charge >= 0.3 is 5.97 Å². The summed E-state index contributed by atoms with van der Waals surface area (Å²) < 4.78 is 10.7. The van der Waals surface area contributed by atoms with Crippen molar-refractivity contribution in [3.8, 4) is 5.75 Å². The number of esters is 1. The van der Waals surface area contributed by atoms with Gasteiger partial charge in [-0.25, -0.2) is 4.79 Å². The molecule has 0 spiro atoms. The van der Waals surface area contributed by atoms with Crippen LogP contribution in [0.15, 0.2) is 18.2 Å². The lowest BCUT2D eigenvalue weighted by atomic mass is 10.0. The van der Waals surface area contributed by atoms with Gasteiger partial charge in [0, 0.05) is 17.5 Å². The zero-order valence-electron chi connectivity index (χ0n) is 17.4. The van der Waals surface area contributed by atoms with Crippen molar-refractivity contribution < 1.29 is 33.4 Å². The van der Waals surface area contributed by atoms with Crippen LogP contribution in [0.3, 0.4) is 0 Å². The van der Waals surface area contributed by atoms with Crippen LogP contribution in [0.4, 0.5) is 0 Å². The average molecular weight is 405 g/mol. The van der Waals surface area contributed by atoms with Crippen LogP contribution in [0.2, 0.25) is 0 Å². The zero-order chi connectivity index (χ0) is 22.2. The van der Waals surface area contributed by atoms with E-state index in [4.69, 9.17) is 9.47 Å². The molecule has 8 nitrogen and oxygen atoms in total. The smallest absolute Gasteiger partial charge is 0.344 e. The predicted octanol–water partition coefficient (Wildman–Crippen LogP) is 2.25. The van der Waals surface area contributed by atoms with Gasteiger partial charge in [0.05, 0.1) is 6.04 Å². The molecular weight excluding hydrogens is 378 g/mol. The number of benzene rings is 1. The second kappa shape index (κ2) is 10.5. The quantitative estimate of drug-likeness (QED) is 0.434. The monoisotopic (exact) mass is 405 g/mol. The summed E-state index contributed by atoms with van der Waals surface area (Å²) in [5, 5.41) is 0. The number of Topliss-reactive ketones (excluding diaryl/α,β-unsaturated/α-hetero) is 1. The van der Waals surface area contributed by atoms with Crippen LogP contribution in [0.1, 0.15) is 56.5 Å². The Morgan fingerprint density at radius 2 is 1.83 bits per heavy atom. The first-order chi connectivity index (χ1) is 13.5. The third-order valence-corrected chi connectivity index (χ3v) is 3.99. The zero-order valence-corrected chi connectivity index (χ0v) is 17.4. The second-order valence-corrected chi connectivity index (χ2v) is 7.49. The second-order valence-electron chi connectivity index (χ2n) is 7.49. The summed E-state index contributed by atoms with van der Waals surface area (Å²) in [4.78, 5) is 59.6. The molecule has 1 rings (SSSR count). The average Bonchev–Trinajstić information content (AvgIpc) is 2.62. The third-order valence-electron chi connectivity index (χ3n) is 3.99. The molecule has 29 heavy (non-hydrogen) atoms. The van der Waals surface area contributed by atoms with Crippen molar-refractivity contribution in [1.29, 1.82) is 0 Å². The van der Waals surface area contributed by atoms with Crippen molar-refractivity contribution >= 4 is 30.4 Å². The highest BCUT2D eigenvalue weighted by molar-refractivity contribution is 6.04. The van der Waals surface area contributed by atoms with Crippen molar-refractivity contribution in [2.75, 3.05) is 6.61 Å². The maximum Gasteiger partial charge on any atom is 0.344 e. The number of imide groups is 1. The van der Waals surface area contributed by atoms with Gasteiger partial charge < -0.3 is 14.3 Å². The van der Waals surface area contributed by atoms with Crippen molar-refractivity contribution in [3.05, 3.63) is 29.3 Å². The first-order valence-electron chi connectivity index (χ1n) is 9.18. The number of carbonyl (C=O) groups is 5. The number of carbonyl (C=O) groups excluding carboxylic acids is 5. The molecule has 0 bridgehead atoms. The molecule has 1 aromatic carbocycles. The molecule has 0 saturated carbocycles. The molecule has 0 heterocycles. The minimum Gasteiger partial charge on any atom is -0.482 e. The minimum absolute atomic E-state index is 0.0416. The number of hydrogen-bond acceptors (Lipinski definition) is 7. The van der Waals surface area contributed by atoms with E-state index in [9.17, 15) is 24.0 Å². The number of hydrogen-bond donors (Lipinski definition) is 0. The Morgan fingerprint density at radius 3 is 2.34 bits per heavy atom. The molecule has 0 aliphatic heterocycles. The van der Waals surface area contributed by atoms with Crippen LogP contribution in [0, 0.1) is 6.92 Å². The molecule has 0 fully saturated rings. The molecular formula is C21H27NO7. The number of ketones is 1. The van der Waals surface area contributed by atoms with Crippen molar-refractivity contribution in [2.45, 2.75) is 59.1 Å². The Balaban J connectivity index is 3.05. The van der Waals surface area contributed by atoms with Gasteiger partial charge in [-0.15, -0.1) is 0 Å². The Kier molecular flexibility index (Phi) is 8.69. The molecule has 8 heteroatoms.